The van der Waals surface area contributed by atoms with Crippen LogP contribution in [0.1, 0.15) is 60.8 Å². The summed E-state index contributed by atoms with van der Waals surface area (Å²) in [5.41, 5.74) is 9.34. The van der Waals surface area contributed by atoms with E-state index in [1.165, 1.54) is 4.90 Å². The van der Waals surface area contributed by atoms with E-state index in [0.29, 0.717) is 42.2 Å². The number of esters is 1. The number of carbonyl (C=O) groups is 3. The van der Waals surface area contributed by atoms with Crippen LogP contribution in [0.4, 0.5) is 16.3 Å². The Bertz CT molecular complexity index is 1770. The maximum Gasteiger partial charge on any atom is 0.435 e. The van der Waals surface area contributed by atoms with Crippen molar-refractivity contribution in [2.75, 3.05) is 43.4 Å². The van der Waals surface area contributed by atoms with E-state index in [2.05, 4.69) is 22.2 Å². The molecule has 4 aromatic rings. The van der Waals surface area contributed by atoms with Crippen molar-refractivity contribution < 1.29 is 33.3 Å². The van der Waals surface area contributed by atoms with Crippen LogP contribution in [-0.2, 0) is 37.3 Å². The summed E-state index contributed by atoms with van der Waals surface area (Å²) >= 11 is 0. The van der Waals surface area contributed by atoms with Crippen LogP contribution in [0.2, 0.25) is 0 Å². The van der Waals surface area contributed by atoms with E-state index >= 15 is 0 Å². The smallest absolute Gasteiger partial charge is 0.435 e. The highest BCUT2D eigenvalue weighted by Crippen LogP contribution is 2.22. The number of anilines is 2. The van der Waals surface area contributed by atoms with Gasteiger partial charge in [-0.3, -0.25) is 14.5 Å². The zero-order valence-corrected chi connectivity index (χ0v) is 28.4. The number of hydrogen-bond acceptors (Lipinski definition) is 10. The zero-order chi connectivity index (χ0) is 35.3. The fraction of sp³-hybridized carbons (Fsp3) is 0.389. The molecule has 0 radical (unpaired) electrons. The number of nitrogens with zero attached hydrogens (tertiary/aromatic N) is 5. The van der Waals surface area contributed by atoms with Gasteiger partial charge in [-0.15, -0.1) is 0 Å². The summed E-state index contributed by atoms with van der Waals surface area (Å²) < 4.78 is 22.9. The van der Waals surface area contributed by atoms with Gasteiger partial charge in [0.15, 0.2) is 0 Å². The van der Waals surface area contributed by atoms with Gasteiger partial charge in [-0.25, -0.2) is 14.8 Å². The Morgan fingerprint density at radius 3 is 2.62 bits per heavy atom. The number of imidazole rings is 1. The quantitative estimate of drug-likeness (QED) is 0.0707. The van der Waals surface area contributed by atoms with Crippen molar-refractivity contribution in [3.63, 3.8) is 0 Å². The lowest BCUT2D eigenvalue weighted by Crippen LogP contribution is -2.34. The molecule has 264 valence electrons. The van der Waals surface area contributed by atoms with Crippen LogP contribution in [0.3, 0.4) is 0 Å². The number of ether oxygens (including phenoxy) is 4. The van der Waals surface area contributed by atoms with Gasteiger partial charge in [0.1, 0.15) is 37.0 Å². The molecule has 2 amide bonds. The minimum Gasteiger partial charge on any atom is -0.463 e. The normalized spacial score (nSPS) is 14.4. The number of unbranched alkanes of at least 4 members (excludes halogenated alkanes) is 3. The Hall–Kier alpha value is -5.34. The summed E-state index contributed by atoms with van der Waals surface area (Å²) in [7, 11) is 1.91. The van der Waals surface area contributed by atoms with E-state index in [0.717, 1.165) is 42.7 Å². The lowest BCUT2D eigenvalue weighted by Gasteiger charge is -2.21. The van der Waals surface area contributed by atoms with E-state index in [9.17, 15) is 14.4 Å². The van der Waals surface area contributed by atoms with Crippen molar-refractivity contribution in [3.8, 4) is 0 Å². The molecule has 1 saturated heterocycles. The largest absolute Gasteiger partial charge is 0.463 e. The summed E-state index contributed by atoms with van der Waals surface area (Å²) in [5, 5.41) is 3.35. The Morgan fingerprint density at radius 1 is 1.06 bits per heavy atom. The number of pyridine rings is 1. The molecule has 1 atom stereocenters. The number of aliphatic imine (C=N–C) groups is 1. The van der Waals surface area contributed by atoms with Crippen LogP contribution >= 0.6 is 0 Å². The van der Waals surface area contributed by atoms with Crippen LogP contribution in [0.15, 0.2) is 71.9 Å². The lowest BCUT2D eigenvalue weighted by molar-refractivity contribution is -0.146. The molecule has 0 bridgehead atoms. The monoisotopic (exact) mass is 685 g/mol. The summed E-state index contributed by atoms with van der Waals surface area (Å²) in [6, 6.07) is 17.8. The predicted molar refractivity (Wildman–Crippen MR) is 188 cm³/mol. The number of carbonyl (C=O) groups excluding carboxylic acids is 3. The minimum absolute atomic E-state index is 0.0242. The molecule has 1 unspecified atom stereocenters. The third kappa shape index (κ3) is 9.86. The molecule has 2 aromatic carbocycles. The molecular formula is C36H43N7O7. The zero-order valence-electron chi connectivity index (χ0n) is 28.4. The first kappa shape index (κ1) is 36.0. The van der Waals surface area contributed by atoms with Crippen molar-refractivity contribution in [2.24, 2.45) is 17.8 Å². The van der Waals surface area contributed by atoms with Crippen molar-refractivity contribution in [2.45, 2.75) is 51.7 Å². The molecule has 1 aliphatic rings. The van der Waals surface area contributed by atoms with Gasteiger partial charge in [0.2, 0.25) is 0 Å². The first-order valence-corrected chi connectivity index (χ1v) is 16.7. The third-order valence-electron chi connectivity index (χ3n) is 8.12. The maximum absolute atomic E-state index is 13.8. The Labute approximate surface area is 290 Å². The van der Waals surface area contributed by atoms with Gasteiger partial charge in [0.25, 0.3) is 5.91 Å². The van der Waals surface area contributed by atoms with Gasteiger partial charge in [0.05, 0.1) is 37.2 Å². The van der Waals surface area contributed by atoms with Crippen molar-refractivity contribution in [3.05, 3.63) is 83.8 Å². The first-order valence-electron chi connectivity index (χ1n) is 16.7. The third-order valence-corrected chi connectivity index (χ3v) is 8.12. The molecule has 0 spiro atoms. The Morgan fingerprint density at radius 2 is 1.88 bits per heavy atom. The average molecular weight is 686 g/mol. The molecule has 3 N–H and O–H groups in total. The van der Waals surface area contributed by atoms with Gasteiger partial charge in [-0.1, -0.05) is 32.3 Å². The van der Waals surface area contributed by atoms with Crippen molar-refractivity contribution >= 4 is 46.3 Å². The van der Waals surface area contributed by atoms with Gasteiger partial charge < -0.3 is 34.6 Å². The molecule has 14 heteroatoms. The standard InChI is InChI=1S/C36H43N7O7/c1-3-4-5-8-19-48-36(46)41-34(37)25-10-13-27(14-11-25)39-21-32-40-29-20-26(12-15-30(29)42(32)2)35(45)43(31-9-6-7-17-38-31)18-16-33(44)49-23-28-22-47-24-50-28/h6-7,9-15,17,20,28,39H,3-5,8,16,18-19,21-24H2,1-2H3,(H2,37,41,46). The summed E-state index contributed by atoms with van der Waals surface area (Å²) in [6.45, 7) is 3.58. The van der Waals surface area contributed by atoms with Crippen LogP contribution in [0.5, 0.6) is 0 Å². The molecule has 1 aliphatic heterocycles. The number of aromatic nitrogens is 3. The fourth-order valence-electron chi connectivity index (χ4n) is 5.28. The van der Waals surface area contributed by atoms with Gasteiger partial charge in [0, 0.05) is 36.6 Å². The van der Waals surface area contributed by atoms with Crippen molar-refractivity contribution in [1.29, 1.82) is 0 Å². The number of amides is 2. The van der Waals surface area contributed by atoms with E-state index in [-0.39, 0.29) is 44.2 Å². The predicted octanol–water partition coefficient (Wildman–Crippen LogP) is 4.96. The van der Waals surface area contributed by atoms with Crippen LogP contribution in [-0.4, -0.2) is 77.6 Å². The molecule has 5 rings (SSSR count). The van der Waals surface area contributed by atoms with E-state index in [4.69, 9.17) is 29.7 Å². The van der Waals surface area contributed by atoms with Gasteiger partial charge in [-0.2, -0.15) is 4.99 Å². The Balaban J connectivity index is 1.20. The summed E-state index contributed by atoms with van der Waals surface area (Å²) in [6.07, 6.45) is 4.61. The second-order valence-electron chi connectivity index (χ2n) is 11.7. The summed E-state index contributed by atoms with van der Waals surface area (Å²) in [4.78, 5) is 52.7. The lowest BCUT2D eigenvalue weighted by atomic mass is 10.1. The number of nitrogens with two attached hydrogens (primary N) is 1. The highest BCUT2D eigenvalue weighted by molar-refractivity contribution is 6.07. The molecule has 2 aromatic heterocycles. The summed E-state index contributed by atoms with van der Waals surface area (Å²) in [5.74, 6) is 0.478. The number of rotatable bonds is 16. The topological polar surface area (TPSA) is 172 Å². The molecule has 0 aliphatic carbocycles. The molecule has 3 heterocycles. The van der Waals surface area contributed by atoms with Crippen LogP contribution in [0, 0.1) is 0 Å². The first-order chi connectivity index (χ1) is 24.3. The van der Waals surface area contributed by atoms with Gasteiger partial charge >= 0.3 is 12.1 Å². The SMILES string of the molecule is CCCCCCOC(=O)N=C(N)c1ccc(NCc2nc3cc(C(=O)N(CCC(=O)OCC4COCO4)c4ccccn4)ccc3n2C)cc1. The number of fused-ring (bicyclic) bond motifs is 1. The van der Waals surface area contributed by atoms with Crippen molar-refractivity contribution in [1.82, 2.24) is 14.5 Å². The molecule has 50 heavy (non-hydrogen) atoms. The second-order valence-corrected chi connectivity index (χ2v) is 11.7. The average Bonchev–Trinajstić information content (AvgIpc) is 3.77. The van der Waals surface area contributed by atoms with Crippen LogP contribution in [0.25, 0.3) is 11.0 Å². The second kappa shape index (κ2) is 17.9. The minimum atomic E-state index is -0.695. The number of amidine groups is 1. The van der Waals surface area contributed by atoms with E-state index < -0.39 is 12.1 Å². The highest BCUT2D eigenvalue weighted by atomic mass is 16.7. The highest BCUT2D eigenvalue weighted by Gasteiger charge is 2.23. The molecule has 0 saturated carbocycles. The van der Waals surface area contributed by atoms with Crippen LogP contribution < -0.4 is 16.0 Å². The van der Waals surface area contributed by atoms with E-state index in [1.807, 2.05) is 29.8 Å². The number of nitrogens with one attached hydrogen (secondary N) is 1. The molecule has 1 fully saturated rings. The number of benzene rings is 2. The molecular weight excluding hydrogens is 642 g/mol. The number of aryl methyl sites for hydroxylation is 1. The van der Waals surface area contributed by atoms with E-state index in [1.54, 1.807) is 48.7 Å². The fourth-order valence-corrected chi connectivity index (χ4v) is 5.28. The maximum atomic E-state index is 13.8. The number of hydrogen-bond donors (Lipinski definition) is 2. The molecule has 14 nitrogen and oxygen atoms in total. The Kier molecular flexibility index (Phi) is 12.9. The van der Waals surface area contributed by atoms with Gasteiger partial charge in [-0.05, 0) is 61.0 Å².